The highest BCUT2D eigenvalue weighted by molar-refractivity contribution is 9.10. The second-order valence-electron chi connectivity index (χ2n) is 9.16. The number of hydrogen-bond acceptors (Lipinski definition) is 7. The zero-order valence-corrected chi connectivity index (χ0v) is 22.3. The van der Waals surface area contributed by atoms with Crippen molar-refractivity contribution in [1.29, 1.82) is 0 Å². The van der Waals surface area contributed by atoms with Crippen LogP contribution >= 0.6 is 15.9 Å². The van der Waals surface area contributed by atoms with Gasteiger partial charge in [-0.15, -0.1) is 0 Å². The van der Waals surface area contributed by atoms with E-state index in [1.807, 2.05) is 0 Å². The third kappa shape index (κ3) is 5.18. The first-order valence-corrected chi connectivity index (χ1v) is 13.5. The number of ether oxygens (including phenoxy) is 3. The molecule has 2 aromatic carbocycles. The molecule has 0 amide bonds. The summed E-state index contributed by atoms with van der Waals surface area (Å²) >= 11 is 3.30. The second-order valence-corrected chi connectivity index (χ2v) is 11.9. The maximum atomic E-state index is 13.6. The molecule has 13 heteroatoms. The number of hydrogen-bond donors (Lipinski definition) is 1. The van der Waals surface area contributed by atoms with Crippen LogP contribution in [0.2, 0.25) is 0 Å². The van der Waals surface area contributed by atoms with Gasteiger partial charge in [-0.05, 0) is 61.6 Å². The Kier molecular flexibility index (Phi) is 7.54. The van der Waals surface area contributed by atoms with Gasteiger partial charge in [-0.1, -0.05) is 22.0 Å². The van der Waals surface area contributed by atoms with E-state index >= 15 is 0 Å². The average Bonchev–Trinajstić information content (AvgIpc) is 2.84. The lowest BCUT2D eigenvalue weighted by Gasteiger charge is -2.48. The van der Waals surface area contributed by atoms with Crippen molar-refractivity contribution in [3.63, 3.8) is 0 Å². The number of alkyl halides is 3. The molecule has 1 unspecified atom stereocenters. The molecule has 0 bridgehead atoms. The van der Waals surface area contributed by atoms with Gasteiger partial charge in [0.2, 0.25) is 0 Å². The molecule has 0 aromatic heterocycles. The molecule has 0 spiro atoms. The molecular weight excluding hydrogens is 583 g/mol. The van der Waals surface area contributed by atoms with Gasteiger partial charge >= 0.3 is 12.1 Å². The number of nitrogens with zero attached hydrogens (tertiary/aromatic N) is 1. The summed E-state index contributed by atoms with van der Waals surface area (Å²) in [7, 11) is -1.90. The Morgan fingerprint density at radius 2 is 1.95 bits per heavy atom. The molecule has 0 saturated heterocycles. The Morgan fingerprint density at radius 3 is 2.57 bits per heavy atom. The van der Waals surface area contributed by atoms with Crippen LogP contribution in [-0.4, -0.2) is 52.7 Å². The van der Waals surface area contributed by atoms with Crippen LogP contribution < -0.4 is 9.04 Å². The summed E-state index contributed by atoms with van der Waals surface area (Å²) in [6.07, 6.45) is -5.92. The Bertz CT molecular complexity index is 1280. The summed E-state index contributed by atoms with van der Waals surface area (Å²) in [5.41, 5.74) is -2.11. The van der Waals surface area contributed by atoms with E-state index < -0.39 is 50.4 Å². The standard InChI is InChI=1S/C24H25BrF3NO7S/c1-34-21(30)23(22(31)35-2)11-14(12-23)8-17-13-29(19-10-16(25)6-7-20(19)36-17)37(32,33)18-5-3-4-15(9-18)24(26,27)28/h3-7,9-10,14,17,21,30H,8,11-13H2,1-2H3/t14?,17-,21?,23?/m0/s1. The quantitative estimate of drug-likeness (QED) is 0.369. The largest absolute Gasteiger partial charge is 0.486 e. The fraction of sp³-hybridized carbons (Fsp3) is 0.458. The number of benzene rings is 2. The molecule has 37 heavy (non-hydrogen) atoms. The average molecular weight is 608 g/mol. The Balaban J connectivity index is 1.62. The fourth-order valence-corrected chi connectivity index (χ4v) is 6.90. The summed E-state index contributed by atoms with van der Waals surface area (Å²) in [5, 5.41) is 10.2. The fourth-order valence-electron chi connectivity index (χ4n) is 5.00. The molecular formula is C24H25BrF3NO7S. The lowest BCUT2D eigenvalue weighted by molar-refractivity contribution is -0.221. The van der Waals surface area contributed by atoms with Crippen LogP contribution in [0.4, 0.5) is 18.9 Å². The van der Waals surface area contributed by atoms with Crippen molar-refractivity contribution in [2.24, 2.45) is 11.3 Å². The van der Waals surface area contributed by atoms with Gasteiger partial charge in [0, 0.05) is 11.6 Å². The number of aliphatic hydroxyl groups excluding tert-OH is 1. The van der Waals surface area contributed by atoms with E-state index in [1.54, 1.807) is 12.1 Å². The number of fused-ring (bicyclic) bond motifs is 1. The zero-order valence-electron chi connectivity index (χ0n) is 19.9. The summed E-state index contributed by atoms with van der Waals surface area (Å²) in [6.45, 7) is -0.156. The van der Waals surface area contributed by atoms with E-state index in [1.165, 1.54) is 20.3 Å². The maximum absolute atomic E-state index is 13.6. The summed E-state index contributed by atoms with van der Waals surface area (Å²) in [4.78, 5) is 11.8. The van der Waals surface area contributed by atoms with Crippen molar-refractivity contribution in [2.45, 2.75) is 42.7 Å². The smallest absolute Gasteiger partial charge is 0.416 e. The number of anilines is 1. The minimum absolute atomic E-state index is 0.121. The van der Waals surface area contributed by atoms with Crippen molar-refractivity contribution >= 4 is 37.6 Å². The molecule has 202 valence electrons. The van der Waals surface area contributed by atoms with E-state index in [4.69, 9.17) is 14.2 Å². The van der Waals surface area contributed by atoms with Gasteiger partial charge in [-0.25, -0.2) is 8.42 Å². The van der Waals surface area contributed by atoms with Crippen molar-refractivity contribution < 1.29 is 45.7 Å². The van der Waals surface area contributed by atoms with Crippen molar-refractivity contribution in [3.8, 4) is 5.75 Å². The van der Waals surface area contributed by atoms with Gasteiger partial charge < -0.3 is 19.3 Å². The lowest BCUT2D eigenvalue weighted by atomic mass is 9.60. The number of esters is 1. The van der Waals surface area contributed by atoms with Crippen LogP contribution in [0.1, 0.15) is 24.8 Å². The van der Waals surface area contributed by atoms with Crippen LogP contribution in [0.3, 0.4) is 0 Å². The molecule has 1 saturated carbocycles. The van der Waals surface area contributed by atoms with Gasteiger partial charge in [0.25, 0.3) is 10.0 Å². The Morgan fingerprint density at radius 1 is 1.24 bits per heavy atom. The minimum Gasteiger partial charge on any atom is -0.486 e. The number of sulfonamides is 1. The van der Waals surface area contributed by atoms with Crippen molar-refractivity contribution in [1.82, 2.24) is 0 Å². The molecule has 2 atom stereocenters. The highest BCUT2D eigenvalue weighted by atomic mass is 79.9. The molecule has 1 fully saturated rings. The van der Waals surface area contributed by atoms with Gasteiger partial charge in [0.1, 0.15) is 17.3 Å². The first-order chi connectivity index (χ1) is 17.3. The predicted molar refractivity (Wildman–Crippen MR) is 129 cm³/mol. The Hall–Kier alpha value is -2.35. The maximum Gasteiger partial charge on any atom is 0.416 e. The molecule has 0 radical (unpaired) electrons. The molecule has 1 heterocycles. The summed E-state index contributed by atoms with van der Waals surface area (Å²) in [6, 6.07) is 8.36. The van der Waals surface area contributed by atoms with Gasteiger partial charge in [-0.3, -0.25) is 9.10 Å². The highest BCUT2D eigenvalue weighted by Gasteiger charge is 2.57. The first kappa shape index (κ1) is 27.7. The molecule has 2 aliphatic rings. The van der Waals surface area contributed by atoms with E-state index in [9.17, 15) is 31.5 Å². The normalized spacial score (nSPS) is 24.5. The van der Waals surface area contributed by atoms with E-state index in [0.717, 1.165) is 22.5 Å². The van der Waals surface area contributed by atoms with Crippen LogP contribution in [0.25, 0.3) is 0 Å². The van der Waals surface area contributed by atoms with E-state index in [0.29, 0.717) is 17.0 Å². The number of carbonyl (C=O) groups excluding carboxylic acids is 1. The van der Waals surface area contributed by atoms with Crippen LogP contribution in [0.5, 0.6) is 5.75 Å². The van der Waals surface area contributed by atoms with Crippen molar-refractivity contribution in [3.05, 3.63) is 52.5 Å². The highest BCUT2D eigenvalue weighted by Crippen LogP contribution is 2.52. The van der Waals surface area contributed by atoms with Gasteiger partial charge in [-0.2, -0.15) is 13.2 Å². The molecule has 1 aliphatic heterocycles. The number of methoxy groups -OCH3 is 2. The number of carbonyl (C=O) groups is 1. The van der Waals surface area contributed by atoms with Crippen molar-refractivity contribution in [2.75, 3.05) is 25.1 Å². The van der Waals surface area contributed by atoms with Crippen LogP contribution in [0.15, 0.2) is 51.8 Å². The minimum atomic E-state index is -4.71. The van der Waals surface area contributed by atoms with Gasteiger partial charge in [0.15, 0.2) is 6.29 Å². The lowest BCUT2D eigenvalue weighted by Crippen LogP contribution is -2.55. The predicted octanol–water partition coefficient (Wildman–Crippen LogP) is 4.35. The molecule has 8 nitrogen and oxygen atoms in total. The monoisotopic (exact) mass is 607 g/mol. The number of rotatable bonds is 7. The summed E-state index contributed by atoms with van der Waals surface area (Å²) < 4.78 is 84.5. The van der Waals surface area contributed by atoms with Crippen LogP contribution in [-0.2, 0) is 30.5 Å². The topological polar surface area (TPSA) is 102 Å². The first-order valence-electron chi connectivity index (χ1n) is 11.3. The number of aliphatic hydroxyl groups is 1. The molecule has 4 rings (SSSR count). The van der Waals surface area contributed by atoms with Crippen LogP contribution in [0, 0.1) is 11.3 Å². The molecule has 2 aromatic rings. The Labute approximate surface area is 220 Å². The van der Waals surface area contributed by atoms with E-state index in [-0.39, 0.29) is 36.7 Å². The third-order valence-electron chi connectivity index (χ3n) is 6.79. The molecule has 1 aliphatic carbocycles. The SMILES string of the molecule is COC(=O)C1(C(O)OC)CC(C[C@H]2CN(S(=O)(=O)c3cccc(C(F)(F)F)c3)c3cc(Br)ccc3O2)C1. The zero-order chi connectivity index (χ0) is 27.2. The second kappa shape index (κ2) is 10.1. The number of halogens is 4. The summed E-state index contributed by atoms with van der Waals surface area (Å²) in [5.74, 6) is -0.471. The van der Waals surface area contributed by atoms with Gasteiger partial charge in [0.05, 0.1) is 29.8 Å². The molecule has 1 N–H and O–H groups in total. The van der Waals surface area contributed by atoms with E-state index in [2.05, 4.69) is 15.9 Å². The third-order valence-corrected chi connectivity index (χ3v) is 9.06.